The summed E-state index contributed by atoms with van der Waals surface area (Å²) in [7, 11) is 0. The van der Waals surface area contributed by atoms with Crippen molar-refractivity contribution in [2.45, 2.75) is 44.1 Å². The molecular weight excluding hydrogens is 248 g/mol. The lowest BCUT2D eigenvalue weighted by Gasteiger charge is -2.40. The molecule has 0 saturated carbocycles. The molecule has 1 aromatic rings. The lowest BCUT2D eigenvalue weighted by molar-refractivity contribution is -0.239. The predicted molar refractivity (Wildman–Crippen MR) is 68.5 cm³/mol. The number of aliphatic hydroxyl groups is 3. The largest absolute Gasteiger partial charge is 0.394 e. The standard InChI is InChI=1S/C14H20O5/c1-9-12(16)14(13(17)11(7-15)19-9)18-8-10-5-3-2-4-6-10/h2-6,9,11-17H,7-8H2,1H3/t9-,11?,12?,13-,14-/m0/s1. The van der Waals surface area contributed by atoms with E-state index in [0.717, 1.165) is 5.56 Å². The molecule has 1 aliphatic heterocycles. The minimum atomic E-state index is -1.04. The first-order valence-corrected chi connectivity index (χ1v) is 6.41. The summed E-state index contributed by atoms with van der Waals surface area (Å²) in [6, 6.07) is 9.52. The molecule has 0 aliphatic carbocycles. The fourth-order valence-electron chi connectivity index (χ4n) is 2.23. The zero-order chi connectivity index (χ0) is 13.8. The first-order chi connectivity index (χ1) is 9.13. The maximum absolute atomic E-state index is 10.0. The van der Waals surface area contributed by atoms with Crippen LogP contribution in [0.15, 0.2) is 30.3 Å². The summed E-state index contributed by atoms with van der Waals surface area (Å²) < 4.78 is 10.9. The van der Waals surface area contributed by atoms with Crippen LogP contribution in [0.5, 0.6) is 0 Å². The van der Waals surface area contributed by atoms with Crippen molar-refractivity contribution in [3.8, 4) is 0 Å². The lowest BCUT2D eigenvalue weighted by atomic mass is 9.95. The summed E-state index contributed by atoms with van der Waals surface area (Å²) in [6.07, 6.45) is -3.93. The third-order valence-corrected chi connectivity index (χ3v) is 3.39. The van der Waals surface area contributed by atoms with Crippen molar-refractivity contribution >= 4 is 0 Å². The van der Waals surface area contributed by atoms with Crippen LogP contribution in [0.25, 0.3) is 0 Å². The highest BCUT2D eigenvalue weighted by molar-refractivity contribution is 5.13. The molecule has 1 aliphatic rings. The Morgan fingerprint density at radius 1 is 1.16 bits per heavy atom. The van der Waals surface area contributed by atoms with Crippen LogP contribution in [-0.2, 0) is 16.1 Å². The van der Waals surface area contributed by atoms with Crippen LogP contribution in [0, 0.1) is 0 Å². The number of aliphatic hydroxyl groups excluding tert-OH is 3. The molecule has 1 heterocycles. The first kappa shape index (κ1) is 14.4. The Morgan fingerprint density at radius 2 is 1.84 bits per heavy atom. The minimum absolute atomic E-state index is 0.296. The third-order valence-electron chi connectivity index (χ3n) is 3.39. The molecule has 0 spiro atoms. The number of hydrogen-bond acceptors (Lipinski definition) is 5. The van der Waals surface area contributed by atoms with Crippen LogP contribution in [0.4, 0.5) is 0 Å². The molecular formula is C14H20O5. The van der Waals surface area contributed by atoms with Crippen molar-refractivity contribution in [1.29, 1.82) is 0 Å². The second-order valence-corrected chi connectivity index (χ2v) is 4.80. The maximum atomic E-state index is 10.0. The van der Waals surface area contributed by atoms with E-state index >= 15 is 0 Å². The summed E-state index contributed by atoms with van der Waals surface area (Å²) >= 11 is 0. The SMILES string of the molecule is C[C@@H]1OC(CO)[C@H](O)[C@@H](OCc2ccccc2)C1O. The number of benzene rings is 1. The summed E-state index contributed by atoms with van der Waals surface area (Å²) in [4.78, 5) is 0. The van der Waals surface area contributed by atoms with E-state index < -0.39 is 30.5 Å². The molecule has 0 bridgehead atoms. The molecule has 5 nitrogen and oxygen atoms in total. The molecule has 1 fully saturated rings. The summed E-state index contributed by atoms with van der Waals surface area (Å²) in [5.41, 5.74) is 0.960. The second kappa shape index (κ2) is 6.45. The molecule has 5 heteroatoms. The van der Waals surface area contributed by atoms with Gasteiger partial charge >= 0.3 is 0 Å². The molecule has 0 amide bonds. The highest BCUT2D eigenvalue weighted by atomic mass is 16.6. The molecule has 2 rings (SSSR count). The Kier molecular flexibility index (Phi) is 4.90. The van der Waals surface area contributed by atoms with Crippen molar-refractivity contribution in [2.24, 2.45) is 0 Å². The maximum Gasteiger partial charge on any atom is 0.115 e. The fourth-order valence-corrected chi connectivity index (χ4v) is 2.23. The summed E-state index contributed by atoms with van der Waals surface area (Å²) in [6.45, 7) is 1.69. The molecule has 0 radical (unpaired) electrons. The van der Waals surface area contributed by atoms with E-state index in [4.69, 9.17) is 14.6 Å². The molecule has 2 unspecified atom stereocenters. The predicted octanol–water partition coefficient (Wildman–Crippen LogP) is 0.0732. The molecule has 0 aromatic heterocycles. The molecule has 5 atom stereocenters. The number of ether oxygens (including phenoxy) is 2. The topological polar surface area (TPSA) is 79.2 Å². The van der Waals surface area contributed by atoms with Gasteiger partial charge in [-0.15, -0.1) is 0 Å². The van der Waals surface area contributed by atoms with Crippen molar-refractivity contribution < 1.29 is 24.8 Å². The van der Waals surface area contributed by atoms with Crippen LogP contribution in [0.1, 0.15) is 12.5 Å². The van der Waals surface area contributed by atoms with Gasteiger partial charge < -0.3 is 24.8 Å². The van der Waals surface area contributed by atoms with Gasteiger partial charge in [-0.1, -0.05) is 30.3 Å². The highest BCUT2D eigenvalue weighted by Gasteiger charge is 2.43. The van der Waals surface area contributed by atoms with E-state index in [1.165, 1.54) is 0 Å². The minimum Gasteiger partial charge on any atom is -0.394 e. The highest BCUT2D eigenvalue weighted by Crippen LogP contribution is 2.24. The van der Waals surface area contributed by atoms with Gasteiger partial charge in [0.25, 0.3) is 0 Å². The van der Waals surface area contributed by atoms with Crippen LogP contribution in [0.2, 0.25) is 0 Å². The Hall–Kier alpha value is -0.980. The van der Waals surface area contributed by atoms with E-state index in [1.54, 1.807) is 6.92 Å². The van der Waals surface area contributed by atoms with E-state index in [0.29, 0.717) is 6.61 Å². The Balaban J connectivity index is 2.00. The molecule has 19 heavy (non-hydrogen) atoms. The third kappa shape index (κ3) is 3.32. The van der Waals surface area contributed by atoms with Gasteiger partial charge in [-0.25, -0.2) is 0 Å². The van der Waals surface area contributed by atoms with Gasteiger partial charge in [0.15, 0.2) is 0 Å². The molecule has 1 saturated heterocycles. The van der Waals surface area contributed by atoms with Gasteiger partial charge in [-0.2, -0.15) is 0 Å². The average molecular weight is 268 g/mol. The van der Waals surface area contributed by atoms with Gasteiger partial charge in [0.2, 0.25) is 0 Å². The summed E-state index contributed by atoms with van der Waals surface area (Å²) in [5.74, 6) is 0. The van der Waals surface area contributed by atoms with Crippen molar-refractivity contribution in [1.82, 2.24) is 0 Å². The van der Waals surface area contributed by atoms with Gasteiger partial charge in [0, 0.05) is 0 Å². The Labute approximate surface area is 112 Å². The van der Waals surface area contributed by atoms with Gasteiger partial charge in [0.05, 0.1) is 19.3 Å². The van der Waals surface area contributed by atoms with E-state index in [9.17, 15) is 10.2 Å². The van der Waals surface area contributed by atoms with Crippen molar-refractivity contribution in [3.63, 3.8) is 0 Å². The quantitative estimate of drug-likeness (QED) is 0.720. The van der Waals surface area contributed by atoms with E-state index in [2.05, 4.69) is 0 Å². The zero-order valence-corrected chi connectivity index (χ0v) is 10.8. The number of rotatable bonds is 4. The lowest BCUT2D eigenvalue weighted by Crippen LogP contribution is -2.58. The Morgan fingerprint density at radius 3 is 2.47 bits per heavy atom. The Bertz CT molecular complexity index is 383. The normalized spacial score (nSPS) is 35.3. The van der Waals surface area contributed by atoms with Crippen molar-refractivity contribution in [3.05, 3.63) is 35.9 Å². The van der Waals surface area contributed by atoms with E-state index in [-0.39, 0.29) is 6.61 Å². The van der Waals surface area contributed by atoms with Crippen LogP contribution in [-0.4, -0.2) is 52.4 Å². The smallest absolute Gasteiger partial charge is 0.115 e. The van der Waals surface area contributed by atoms with Gasteiger partial charge in [0.1, 0.15) is 24.4 Å². The first-order valence-electron chi connectivity index (χ1n) is 6.41. The van der Waals surface area contributed by atoms with Gasteiger partial charge in [-0.05, 0) is 12.5 Å². The van der Waals surface area contributed by atoms with Crippen LogP contribution in [0.3, 0.4) is 0 Å². The fraction of sp³-hybridized carbons (Fsp3) is 0.571. The van der Waals surface area contributed by atoms with Crippen LogP contribution >= 0.6 is 0 Å². The second-order valence-electron chi connectivity index (χ2n) is 4.80. The zero-order valence-electron chi connectivity index (χ0n) is 10.8. The summed E-state index contributed by atoms with van der Waals surface area (Å²) in [5, 5.41) is 29.2. The van der Waals surface area contributed by atoms with Crippen molar-refractivity contribution in [2.75, 3.05) is 6.61 Å². The molecule has 106 valence electrons. The monoisotopic (exact) mass is 268 g/mol. The number of hydrogen-bond donors (Lipinski definition) is 3. The van der Waals surface area contributed by atoms with Crippen LogP contribution < -0.4 is 0 Å². The molecule has 1 aromatic carbocycles. The van der Waals surface area contributed by atoms with E-state index in [1.807, 2.05) is 30.3 Å². The average Bonchev–Trinajstić information content (AvgIpc) is 2.44. The molecule has 3 N–H and O–H groups in total. The van der Waals surface area contributed by atoms with Gasteiger partial charge in [-0.3, -0.25) is 0 Å².